The second-order valence-electron chi connectivity index (χ2n) is 6.73. The standard InChI is InChI=1S/C17H27N7O/c1-2-19-16(22-8-7-21-14-11-18-5-6-20-14)24-9-3-4-17(13-24)10-15(25)23-12-17/h5-6,11H,2-4,7-10,12-13H2,1H3,(H,19,22)(H,20,21)(H,23,25). The Morgan fingerprint density at radius 1 is 1.48 bits per heavy atom. The van der Waals surface area contributed by atoms with Gasteiger partial charge in [0.1, 0.15) is 5.82 Å². The minimum absolute atomic E-state index is 0.0728. The summed E-state index contributed by atoms with van der Waals surface area (Å²) in [6, 6.07) is 0. The quantitative estimate of drug-likeness (QED) is 0.408. The van der Waals surface area contributed by atoms with Crippen LogP contribution in [0, 0.1) is 5.41 Å². The molecule has 0 aliphatic carbocycles. The first-order valence-corrected chi connectivity index (χ1v) is 9.01. The minimum atomic E-state index is 0.0728. The van der Waals surface area contributed by atoms with Crippen LogP contribution in [0.25, 0.3) is 0 Å². The van der Waals surface area contributed by atoms with Crippen LogP contribution in [0.3, 0.4) is 0 Å². The smallest absolute Gasteiger partial charge is 0.220 e. The van der Waals surface area contributed by atoms with E-state index in [9.17, 15) is 4.79 Å². The fourth-order valence-electron chi connectivity index (χ4n) is 3.59. The third-order valence-corrected chi connectivity index (χ3v) is 4.73. The van der Waals surface area contributed by atoms with E-state index in [-0.39, 0.29) is 11.3 Å². The molecule has 1 spiro atoms. The highest BCUT2D eigenvalue weighted by molar-refractivity contribution is 5.81. The molecule has 1 unspecified atom stereocenters. The van der Waals surface area contributed by atoms with Gasteiger partial charge in [-0.1, -0.05) is 0 Å². The number of hydrogen-bond donors (Lipinski definition) is 3. The summed E-state index contributed by atoms with van der Waals surface area (Å²) in [7, 11) is 0. The second kappa shape index (κ2) is 8.13. The Morgan fingerprint density at radius 2 is 2.40 bits per heavy atom. The summed E-state index contributed by atoms with van der Waals surface area (Å²) in [6.45, 7) is 6.92. The zero-order valence-electron chi connectivity index (χ0n) is 14.8. The Labute approximate surface area is 148 Å². The molecule has 136 valence electrons. The maximum Gasteiger partial charge on any atom is 0.220 e. The molecule has 25 heavy (non-hydrogen) atoms. The highest BCUT2D eigenvalue weighted by Crippen LogP contribution is 2.35. The third-order valence-electron chi connectivity index (χ3n) is 4.73. The summed E-state index contributed by atoms with van der Waals surface area (Å²) in [5, 5.41) is 9.59. The number of carbonyl (C=O) groups excluding carboxylic acids is 1. The molecule has 2 saturated heterocycles. The Bertz CT molecular complexity index is 606. The minimum Gasteiger partial charge on any atom is -0.367 e. The highest BCUT2D eigenvalue weighted by Gasteiger charge is 2.42. The molecule has 1 aromatic heterocycles. The van der Waals surface area contributed by atoms with E-state index in [1.165, 1.54) is 0 Å². The Hall–Kier alpha value is -2.38. The average Bonchev–Trinajstić information content (AvgIpc) is 2.98. The zero-order chi connectivity index (χ0) is 17.5. The molecule has 1 aromatic rings. The Morgan fingerprint density at radius 3 is 3.12 bits per heavy atom. The number of hydrogen-bond acceptors (Lipinski definition) is 5. The van der Waals surface area contributed by atoms with Crippen molar-refractivity contribution in [2.24, 2.45) is 10.4 Å². The third kappa shape index (κ3) is 4.58. The topological polar surface area (TPSA) is 94.5 Å². The van der Waals surface area contributed by atoms with E-state index < -0.39 is 0 Å². The van der Waals surface area contributed by atoms with Crippen LogP contribution in [0.4, 0.5) is 5.82 Å². The van der Waals surface area contributed by atoms with Crippen molar-refractivity contribution in [3.05, 3.63) is 18.6 Å². The largest absolute Gasteiger partial charge is 0.367 e. The van der Waals surface area contributed by atoms with Crippen molar-refractivity contribution in [3.8, 4) is 0 Å². The molecule has 0 aromatic carbocycles. The van der Waals surface area contributed by atoms with Gasteiger partial charge in [0.2, 0.25) is 5.91 Å². The van der Waals surface area contributed by atoms with Crippen molar-refractivity contribution in [3.63, 3.8) is 0 Å². The van der Waals surface area contributed by atoms with Gasteiger partial charge in [0, 0.05) is 57.0 Å². The van der Waals surface area contributed by atoms with Crippen LogP contribution >= 0.6 is 0 Å². The number of nitrogens with one attached hydrogen (secondary N) is 3. The second-order valence-corrected chi connectivity index (χ2v) is 6.73. The molecule has 0 saturated carbocycles. The molecule has 3 N–H and O–H groups in total. The lowest BCUT2D eigenvalue weighted by atomic mass is 9.79. The maximum atomic E-state index is 11.7. The van der Waals surface area contributed by atoms with Crippen LogP contribution in [0.2, 0.25) is 0 Å². The number of anilines is 1. The summed E-state index contributed by atoms with van der Waals surface area (Å²) in [5.74, 6) is 1.87. The van der Waals surface area contributed by atoms with E-state index in [4.69, 9.17) is 4.99 Å². The number of guanidine groups is 1. The first-order valence-electron chi connectivity index (χ1n) is 9.01. The van der Waals surface area contributed by atoms with Crippen molar-refractivity contribution in [1.82, 2.24) is 25.5 Å². The molecule has 2 fully saturated rings. The lowest BCUT2D eigenvalue weighted by Crippen LogP contribution is -2.51. The van der Waals surface area contributed by atoms with Gasteiger partial charge in [-0.05, 0) is 19.8 Å². The first kappa shape index (κ1) is 17.4. The number of rotatable bonds is 5. The van der Waals surface area contributed by atoms with Gasteiger partial charge in [-0.2, -0.15) is 0 Å². The normalized spacial score (nSPS) is 23.6. The molecule has 1 amide bonds. The summed E-state index contributed by atoms with van der Waals surface area (Å²) < 4.78 is 0. The van der Waals surface area contributed by atoms with Crippen LogP contribution < -0.4 is 16.0 Å². The van der Waals surface area contributed by atoms with E-state index >= 15 is 0 Å². The fraction of sp³-hybridized carbons (Fsp3) is 0.647. The molecule has 2 aliphatic heterocycles. The van der Waals surface area contributed by atoms with Crippen molar-refractivity contribution in [1.29, 1.82) is 0 Å². The highest BCUT2D eigenvalue weighted by atomic mass is 16.1. The molecule has 3 rings (SSSR count). The van der Waals surface area contributed by atoms with Crippen LogP contribution in [-0.4, -0.2) is 66.0 Å². The molecule has 3 heterocycles. The molecule has 8 heteroatoms. The number of likely N-dealkylation sites (tertiary alicyclic amines) is 1. The van der Waals surface area contributed by atoms with Crippen LogP contribution in [-0.2, 0) is 4.79 Å². The lowest BCUT2D eigenvalue weighted by molar-refractivity contribution is -0.119. The van der Waals surface area contributed by atoms with Crippen LogP contribution in [0.1, 0.15) is 26.2 Å². The zero-order valence-corrected chi connectivity index (χ0v) is 14.8. The van der Waals surface area contributed by atoms with Gasteiger partial charge in [-0.25, -0.2) is 4.98 Å². The van der Waals surface area contributed by atoms with Gasteiger partial charge >= 0.3 is 0 Å². The van der Waals surface area contributed by atoms with E-state index in [0.717, 1.165) is 50.8 Å². The maximum absolute atomic E-state index is 11.7. The molecule has 0 radical (unpaired) electrons. The molecule has 8 nitrogen and oxygen atoms in total. The molecular formula is C17H27N7O. The SMILES string of the molecule is CCNC(=NCCNc1cnccn1)N1CCCC2(CNC(=O)C2)C1. The number of carbonyl (C=O) groups is 1. The van der Waals surface area contributed by atoms with E-state index in [1.807, 2.05) is 0 Å². The van der Waals surface area contributed by atoms with Crippen molar-refractivity contribution < 1.29 is 4.79 Å². The first-order chi connectivity index (χ1) is 12.2. The average molecular weight is 345 g/mol. The van der Waals surface area contributed by atoms with E-state index in [2.05, 4.69) is 37.7 Å². The lowest BCUT2D eigenvalue weighted by Gasteiger charge is -2.40. The van der Waals surface area contributed by atoms with Gasteiger partial charge < -0.3 is 20.9 Å². The summed E-state index contributed by atoms with van der Waals surface area (Å²) in [5.41, 5.74) is 0.0728. The van der Waals surface area contributed by atoms with Crippen LogP contribution in [0.15, 0.2) is 23.6 Å². The predicted octanol–water partition coefficient (Wildman–Crippen LogP) is 0.456. The Kier molecular flexibility index (Phi) is 5.67. The van der Waals surface area contributed by atoms with E-state index in [1.54, 1.807) is 18.6 Å². The number of piperidine rings is 1. The van der Waals surface area contributed by atoms with Crippen molar-refractivity contribution >= 4 is 17.7 Å². The molecular weight excluding hydrogens is 318 g/mol. The van der Waals surface area contributed by atoms with Crippen LogP contribution in [0.5, 0.6) is 0 Å². The molecule has 1 atom stereocenters. The summed E-state index contributed by atoms with van der Waals surface area (Å²) in [4.78, 5) is 26.9. The number of amides is 1. The van der Waals surface area contributed by atoms with Gasteiger partial charge in [0.15, 0.2) is 5.96 Å². The molecule has 0 bridgehead atoms. The van der Waals surface area contributed by atoms with Gasteiger partial charge in [0.05, 0.1) is 12.7 Å². The molecule has 2 aliphatic rings. The monoisotopic (exact) mass is 345 g/mol. The van der Waals surface area contributed by atoms with Crippen molar-refractivity contribution in [2.45, 2.75) is 26.2 Å². The predicted molar refractivity (Wildman–Crippen MR) is 97.4 cm³/mol. The fourth-order valence-corrected chi connectivity index (χ4v) is 3.59. The number of nitrogens with zero attached hydrogens (tertiary/aromatic N) is 4. The van der Waals surface area contributed by atoms with Crippen molar-refractivity contribution in [2.75, 3.05) is 44.6 Å². The number of aromatic nitrogens is 2. The Balaban J connectivity index is 1.56. The summed E-state index contributed by atoms with van der Waals surface area (Å²) >= 11 is 0. The number of aliphatic imine (C=N–C) groups is 1. The van der Waals surface area contributed by atoms with E-state index in [0.29, 0.717) is 19.5 Å². The summed E-state index contributed by atoms with van der Waals surface area (Å²) in [6.07, 6.45) is 7.86. The van der Waals surface area contributed by atoms with Gasteiger partial charge in [-0.15, -0.1) is 0 Å². The van der Waals surface area contributed by atoms with Gasteiger partial charge in [-0.3, -0.25) is 14.8 Å². The van der Waals surface area contributed by atoms with Gasteiger partial charge in [0.25, 0.3) is 0 Å².